The minimum absolute atomic E-state index is 0.154. The molecule has 0 saturated heterocycles. The van der Waals surface area contributed by atoms with E-state index in [1.54, 1.807) is 30.5 Å². The van der Waals surface area contributed by atoms with Gasteiger partial charge in [0.2, 0.25) is 15.9 Å². The van der Waals surface area contributed by atoms with Crippen LogP contribution in [0.2, 0.25) is 0 Å². The van der Waals surface area contributed by atoms with Crippen molar-refractivity contribution < 1.29 is 13.2 Å². The monoisotopic (exact) mass is 401 g/mol. The molecule has 27 heavy (non-hydrogen) atoms. The van der Waals surface area contributed by atoms with E-state index in [1.807, 2.05) is 30.5 Å². The Morgan fingerprint density at radius 1 is 1.15 bits per heavy atom. The molecule has 3 rings (SSSR count). The first-order chi connectivity index (χ1) is 12.8. The fourth-order valence-corrected chi connectivity index (χ4v) is 3.99. The van der Waals surface area contributed by atoms with Gasteiger partial charge in [0.25, 0.3) is 0 Å². The number of sulfonamides is 1. The van der Waals surface area contributed by atoms with E-state index in [0.29, 0.717) is 5.69 Å². The number of carbonyl (C=O) groups is 1. The summed E-state index contributed by atoms with van der Waals surface area (Å²) in [6, 6.07) is 12.6. The minimum atomic E-state index is -3.35. The number of hydrogen-bond donors (Lipinski definition) is 2. The van der Waals surface area contributed by atoms with E-state index in [9.17, 15) is 13.2 Å². The Kier molecular flexibility index (Phi) is 5.57. The fourth-order valence-electron chi connectivity index (χ4n) is 2.60. The van der Waals surface area contributed by atoms with Crippen molar-refractivity contribution in [1.82, 2.24) is 4.98 Å². The van der Waals surface area contributed by atoms with E-state index in [2.05, 4.69) is 15.0 Å². The number of thiophene rings is 1. The Morgan fingerprint density at radius 2 is 1.96 bits per heavy atom. The molecule has 2 aromatic heterocycles. The molecule has 0 spiro atoms. The third kappa shape index (κ3) is 5.63. The van der Waals surface area contributed by atoms with Crippen molar-refractivity contribution in [1.29, 1.82) is 0 Å². The number of aromatic nitrogens is 1. The second-order valence-electron chi connectivity index (χ2n) is 6.19. The van der Waals surface area contributed by atoms with Gasteiger partial charge in [-0.1, -0.05) is 12.1 Å². The van der Waals surface area contributed by atoms with Gasteiger partial charge in [-0.2, -0.15) is 0 Å². The molecule has 1 amide bonds. The van der Waals surface area contributed by atoms with Gasteiger partial charge in [-0.15, -0.1) is 11.3 Å². The highest BCUT2D eigenvalue weighted by atomic mass is 32.2. The first kappa shape index (κ1) is 19.1. The zero-order chi connectivity index (χ0) is 19.4. The average molecular weight is 402 g/mol. The molecule has 0 radical (unpaired) electrons. The number of nitrogens with one attached hydrogen (secondary N) is 2. The molecule has 0 saturated carbocycles. The summed E-state index contributed by atoms with van der Waals surface area (Å²) in [7, 11) is -3.35. The lowest BCUT2D eigenvalue weighted by atomic mass is 10.1. The van der Waals surface area contributed by atoms with Gasteiger partial charge < -0.3 is 5.32 Å². The quantitative estimate of drug-likeness (QED) is 0.660. The van der Waals surface area contributed by atoms with Crippen LogP contribution in [0.5, 0.6) is 0 Å². The van der Waals surface area contributed by atoms with Crippen LogP contribution in [0.15, 0.2) is 54.0 Å². The molecule has 0 bridgehead atoms. The van der Waals surface area contributed by atoms with Crippen LogP contribution in [0.4, 0.5) is 10.7 Å². The third-order valence-electron chi connectivity index (χ3n) is 3.69. The van der Waals surface area contributed by atoms with Crippen molar-refractivity contribution in [2.24, 2.45) is 0 Å². The molecule has 2 N–H and O–H groups in total. The summed E-state index contributed by atoms with van der Waals surface area (Å²) in [5, 5.41) is 5.63. The van der Waals surface area contributed by atoms with Crippen molar-refractivity contribution in [2.75, 3.05) is 16.3 Å². The highest BCUT2D eigenvalue weighted by Crippen LogP contribution is 2.29. The van der Waals surface area contributed by atoms with Gasteiger partial charge in [0, 0.05) is 23.0 Å². The number of anilines is 2. The third-order valence-corrected chi connectivity index (χ3v) is 5.14. The summed E-state index contributed by atoms with van der Waals surface area (Å²) in [5.41, 5.74) is 4.18. The smallest absolute Gasteiger partial charge is 0.229 e. The molecule has 6 nitrogen and oxygen atoms in total. The highest BCUT2D eigenvalue weighted by Gasteiger charge is 2.09. The maximum absolute atomic E-state index is 12.3. The van der Waals surface area contributed by atoms with Gasteiger partial charge >= 0.3 is 0 Å². The second-order valence-corrected chi connectivity index (χ2v) is 8.84. The van der Waals surface area contributed by atoms with E-state index < -0.39 is 10.0 Å². The molecule has 2 heterocycles. The number of aryl methyl sites for hydroxylation is 1. The zero-order valence-corrected chi connectivity index (χ0v) is 16.5. The summed E-state index contributed by atoms with van der Waals surface area (Å²) in [5.74, 6) is -0.161. The molecule has 8 heteroatoms. The number of pyridine rings is 1. The Balaban J connectivity index is 1.66. The summed E-state index contributed by atoms with van der Waals surface area (Å²) in [6.07, 6.45) is 3.00. The number of carbonyl (C=O) groups excluding carboxylic acids is 1. The summed E-state index contributed by atoms with van der Waals surface area (Å²) >= 11 is 1.46. The van der Waals surface area contributed by atoms with Crippen LogP contribution in [-0.2, 0) is 21.2 Å². The summed E-state index contributed by atoms with van der Waals surface area (Å²) in [6.45, 7) is 1.94. The van der Waals surface area contributed by atoms with E-state index in [0.717, 1.165) is 33.6 Å². The normalized spacial score (nSPS) is 11.2. The summed E-state index contributed by atoms with van der Waals surface area (Å²) < 4.78 is 25.1. The predicted molar refractivity (Wildman–Crippen MR) is 110 cm³/mol. The van der Waals surface area contributed by atoms with Gasteiger partial charge in [0.05, 0.1) is 17.7 Å². The number of rotatable bonds is 6. The SMILES string of the molecule is Cc1cc(-c2csc(NC(=O)Cc3cccc(NS(C)(=O)=O)c3)c2)ccn1. The Bertz CT molecular complexity index is 1080. The Hall–Kier alpha value is -2.71. The lowest BCUT2D eigenvalue weighted by Gasteiger charge is -2.07. The maximum atomic E-state index is 12.3. The van der Waals surface area contributed by atoms with Gasteiger partial charge in [-0.25, -0.2) is 8.42 Å². The highest BCUT2D eigenvalue weighted by molar-refractivity contribution is 7.92. The molecule has 1 aromatic carbocycles. The lowest BCUT2D eigenvalue weighted by molar-refractivity contribution is -0.115. The summed E-state index contributed by atoms with van der Waals surface area (Å²) in [4.78, 5) is 16.5. The van der Waals surface area contributed by atoms with Crippen LogP contribution in [0.3, 0.4) is 0 Å². The number of benzene rings is 1. The lowest BCUT2D eigenvalue weighted by Crippen LogP contribution is -2.14. The minimum Gasteiger partial charge on any atom is -0.317 e. The van der Waals surface area contributed by atoms with Gasteiger partial charge in [-0.3, -0.25) is 14.5 Å². The van der Waals surface area contributed by atoms with Crippen molar-refractivity contribution >= 4 is 38.0 Å². The molecule has 3 aromatic rings. The van der Waals surface area contributed by atoms with Crippen molar-refractivity contribution in [2.45, 2.75) is 13.3 Å². The predicted octanol–water partition coefficient (Wildman–Crippen LogP) is 3.67. The largest absolute Gasteiger partial charge is 0.317 e. The van der Waals surface area contributed by atoms with Crippen LogP contribution in [0.25, 0.3) is 11.1 Å². The molecule has 140 valence electrons. The van der Waals surface area contributed by atoms with Crippen LogP contribution in [0, 0.1) is 6.92 Å². The Labute approximate surface area is 162 Å². The molecular formula is C19H19N3O3S2. The average Bonchev–Trinajstić information content (AvgIpc) is 3.02. The van der Waals surface area contributed by atoms with E-state index >= 15 is 0 Å². The number of hydrogen-bond acceptors (Lipinski definition) is 5. The molecular weight excluding hydrogens is 382 g/mol. The van der Waals surface area contributed by atoms with Gasteiger partial charge in [0.1, 0.15) is 0 Å². The Morgan fingerprint density at radius 3 is 2.70 bits per heavy atom. The van der Waals surface area contributed by atoms with E-state index in [4.69, 9.17) is 0 Å². The standard InChI is InChI=1S/C19H19N3O3S2/c1-13-8-15(6-7-20-13)16-11-19(26-12-16)21-18(23)10-14-4-3-5-17(9-14)22-27(2,24)25/h3-9,11-12,22H,10H2,1-2H3,(H,21,23). The molecule has 0 aliphatic heterocycles. The van der Waals surface area contributed by atoms with Gasteiger partial charge in [0.15, 0.2) is 0 Å². The zero-order valence-electron chi connectivity index (χ0n) is 14.9. The molecule has 0 atom stereocenters. The van der Waals surface area contributed by atoms with Crippen molar-refractivity contribution in [3.8, 4) is 11.1 Å². The van der Waals surface area contributed by atoms with Crippen LogP contribution < -0.4 is 10.0 Å². The molecule has 0 aliphatic rings. The fraction of sp³-hybridized carbons (Fsp3) is 0.158. The second kappa shape index (κ2) is 7.89. The van der Waals surface area contributed by atoms with Crippen LogP contribution >= 0.6 is 11.3 Å². The van der Waals surface area contributed by atoms with Crippen molar-refractivity contribution in [3.05, 3.63) is 65.3 Å². The molecule has 0 unspecified atom stereocenters. The van der Waals surface area contributed by atoms with E-state index in [-0.39, 0.29) is 12.3 Å². The topological polar surface area (TPSA) is 88.2 Å². The number of nitrogens with zero attached hydrogens (tertiary/aromatic N) is 1. The molecule has 0 aliphatic carbocycles. The first-order valence-electron chi connectivity index (χ1n) is 8.17. The van der Waals surface area contributed by atoms with Crippen LogP contribution in [0.1, 0.15) is 11.3 Å². The van der Waals surface area contributed by atoms with E-state index in [1.165, 1.54) is 11.3 Å². The van der Waals surface area contributed by atoms with Gasteiger partial charge in [-0.05, 0) is 53.9 Å². The molecule has 0 fully saturated rings. The van der Waals surface area contributed by atoms with Crippen molar-refractivity contribution in [3.63, 3.8) is 0 Å². The maximum Gasteiger partial charge on any atom is 0.229 e. The first-order valence-corrected chi connectivity index (χ1v) is 10.9. The number of amides is 1. The van der Waals surface area contributed by atoms with Crippen LogP contribution in [-0.4, -0.2) is 25.6 Å².